The number of hydrogen-bond acceptors (Lipinski definition) is 6. The Bertz CT molecular complexity index is 1100. The third kappa shape index (κ3) is 4.17. The van der Waals surface area contributed by atoms with E-state index in [1.165, 1.54) is 19.8 Å². The highest BCUT2D eigenvalue weighted by Gasteiger charge is 2.24. The summed E-state index contributed by atoms with van der Waals surface area (Å²) >= 11 is 0. The molecule has 1 fully saturated rings. The van der Waals surface area contributed by atoms with Crippen LogP contribution in [0.1, 0.15) is 41.4 Å². The number of carbonyl (C=O) groups excluding carboxylic acids is 1. The smallest absolute Gasteiger partial charge is 0.197 e. The van der Waals surface area contributed by atoms with E-state index < -0.39 is 10.8 Å². The lowest BCUT2D eigenvalue weighted by Gasteiger charge is -2.13. The molecule has 4 rings (SSSR count). The number of fused-ring (bicyclic) bond motifs is 1. The molecule has 0 radical (unpaired) electrons. The molecule has 7 nitrogen and oxygen atoms in total. The molecule has 1 aromatic carbocycles. The van der Waals surface area contributed by atoms with Crippen LogP contribution in [0.25, 0.3) is 11.0 Å². The lowest BCUT2D eigenvalue weighted by atomic mass is 10.0. The first kappa shape index (κ1) is 19.6. The number of nitrogens with one attached hydrogen (secondary N) is 1. The molecule has 0 bridgehead atoms. The molecule has 1 N–H and O–H groups in total. The zero-order valence-corrected chi connectivity index (χ0v) is 17.5. The topological polar surface area (TPSA) is 94.2 Å². The molecular weight excluding hydrogens is 390 g/mol. The third-order valence-electron chi connectivity index (χ3n) is 4.99. The minimum Gasteiger partial charge on any atom is -0.491 e. The number of benzene rings is 1. The molecule has 8 heteroatoms. The van der Waals surface area contributed by atoms with Crippen molar-refractivity contribution in [3.8, 4) is 11.5 Å². The SMILES string of the molecule is COc1c(OCC2CC2)ccnc1CS(=O)c1nc2cc(C(C)=O)c(C)cc2[nH]1. The van der Waals surface area contributed by atoms with Crippen LogP contribution in [0.15, 0.2) is 29.6 Å². The van der Waals surface area contributed by atoms with Crippen molar-refractivity contribution in [3.05, 3.63) is 41.2 Å². The van der Waals surface area contributed by atoms with Crippen LogP contribution >= 0.6 is 0 Å². The fraction of sp³-hybridized carbons (Fsp3) is 0.381. The summed E-state index contributed by atoms with van der Waals surface area (Å²) in [6, 6.07) is 5.35. The van der Waals surface area contributed by atoms with E-state index >= 15 is 0 Å². The maximum Gasteiger partial charge on any atom is 0.197 e. The van der Waals surface area contributed by atoms with Crippen LogP contribution in [0.4, 0.5) is 0 Å². The fourth-order valence-electron chi connectivity index (χ4n) is 3.22. The van der Waals surface area contributed by atoms with Crippen molar-refractivity contribution in [2.45, 2.75) is 37.6 Å². The third-order valence-corrected chi connectivity index (χ3v) is 6.15. The van der Waals surface area contributed by atoms with Crippen LogP contribution in [0, 0.1) is 12.8 Å². The number of Topliss-reactive ketones (excluding diaryl/α,β-unsaturated/α-hetero) is 1. The second kappa shape index (κ2) is 7.94. The molecule has 0 amide bonds. The van der Waals surface area contributed by atoms with Crippen molar-refractivity contribution in [2.75, 3.05) is 13.7 Å². The van der Waals surface area contributed by atoms with Gasteiger partial charge in [-0.15, -0.1) is 0 Å². The Hall–Kier alpha value is -2.74. The number of nitrogens with zero attached hydrogens (tertiary/aromatic N) is 2. The molecule has 1 aliphatic rings. The molecule has 29 heavy (non-hydrogen) atoms. The van der Waals surface area contributed by atoms with Crippen LogP contribution in [0.5, 0.6) is 11.5 Å². The number of carbonyl (C=O) groups is 1. The van der Waals surface area contributed by atoms with Crippen molar-refractivity contribution in [1.82, 2.24) is 15.0 Å². The van der Waals surface area contributed by atoms with E-state index in [4.69, 9.17) is 9.47 Å². The van der Waals surface area contributed by atoms with Gasteiger partial charge in [0.05, 0.1) is 47.0 Å². The molecule has 0 saturated heterocycles. The number of imidazole rings is 1. The average molecular weight is 413 g/mol. The van der Waals surface area contributed by atoms with E-state index in [9.17, 15) is 9.00 Å². The minimum atomic E-state index is -1.46. The van der Waals surface area contributed by atoms with Crippen LogP contribution in [0.2, 0.25) is 0 Å². The van der Waals surface area contributed by atoms with Gasteiger partial charge < -0.3 is 14.5 Å². The average Bonchev–Trinajstić information content (AvgIpc) is 3.43. The number of aryl methyl sites for hydroxylation is 1. The number of methoxy groups -OCH3 is 1. The quantitative estimate of drug-likeness (QED) is 0.567. The predicted octanol–water partition coefficient (Wildman–Crippen LogP) is 3.57. The molecule has 0 spiro atoms. The van der Waals surface area contributed by atoms with Gasteiger partial charge in [0, 0.05) is 17.8 Å². The maximum atomic E-state index is 13.0. The molecule has 1 saturated carbocycles. The van der Waals surface area contributed by atoms with Crippen LogP contribution in [-0.4, -0.2) is 38.7 Å². The van der Waals surface area contributed by atoms with Gasteiger partial charge in [-0.1, -0.05) is 0 Å². The van der Waals surface area contributed by atoms with Gasteiger partial charge in [0.2, 0.25) is 0 Å². The van der Waals surface area contributed by atoms with E-state index in [-0.39, 0.29) is 11.5 Å². The highest BCUT2D eigenvalue weighted by atomic mass is 32.2. The molecule has 1 unspecified atom stereocenters. The number of pyridine rings is 1. The van der Waals surface area contributed by atoms with Crippen molar-refractivity contribution in [1.29, 1.82) is 0 Å². The number of ketones is 1. The van der Waals surface area contributed by atoms with Gasteiger partial charge in [0.15, 0.2) is 22.4 Å². The highest BCUT2D eigenvalue weighted by Crippen LogP contribution is 2.34. The van der Waals surface area contributed by atoms with E-state index in [0.717, 1.165) is 11.1 Å². The summed E-state index contributed by atoms with van der Waals surface area (Å²) in [6.07, 6.45) is 4.03. The summed E-state index contributed by atoms with van der Waals surface area (Å²) in [5.41, 5.74) is 3.39. The largest absolute Gasteiger partial charge is 0.491 e. The number of aromatic amines is 1. The van der Waals surface area contributed by atoms with Crippen molar-refractivity contribution in [2.24, 2.45) is 5.92 Å². The van der Waals surface area contributed by atoms with Crippen molar-refractivity contribution in [3.63, 3.8) is 0 Å². The summed E-state index contributed by atoms with van der Waals surface area (Å²) in [5.74, 6) is 1.86. The van der Waals surface area contributed by atoms with Crippen molar-refractivity contribution < 1.29 is 18.5 Å². The first-order valence-corrected chi connectivity index (χ1v) is 10.8. The van der Waals surface area contributed by atoms with Gasteiger partial charge >= 0.3 is 0 Å². The summed E-state index contributed by atoms with van der Waals surface area (Å²) in [7, 11) is 0.0951. The number of H-pyrrole nitrogens is 1. The highest BCUT2D eigenvalue weighted by molar-refractivity contribution is 7.84. The molecule has 152 valence electrons. The molecule has 1 atom stereocenters. The standard InChI is InChI=1S/C21H23N3O4S/c1-12-8-16-17(9-15(12)13(2)25)24-21(23-16)29(26)11-18-20(27-3)19(6-7-22-18)28-10-14-4-5-14/h6-9,14H,4-5,10-11H2,1-3H3,(H,23,24). The Balaban J connectivity index is 1.58. The Labute approximate surface area is 171 Å². The molecule has 2 aromatic heterocycles. The molecule has 0 aliphatic heterocycles. The van der Waals surface area contributed by atoms with E-state index in [1.54, 1.807) is 25.4 Å². The number of hydrogen-bond donors (Lipinski definition) is 1. The Morgan fingerprint density at radius 1 is 1.34 bits per heavy atom. The molecule has 1 aliphatic carbocycles. The lowest BCUT2D eigenvalue weighted by molar-refractivity contribution is 0.101. The minimum absolute atomic E-state index is 0.0213. The van der Waals surface area contributed by atoms with Crippen molar-refractivity contribution >= 4 is 27.6 Å². The summed E-state index contributed by atoms with van der Waals surface area (Å²) < 4.78 is 24.3. The van der Waals surface area contributed by atoms with E-state index in [0.29, 0.717) is 46.0 Å². The maximum absolute atomic E-state index is 13.0. The molecule has 3 aromatic rings. The fourth-order valence-corrected chi connectivity index (χ4v) is 4.23. The van der Waals surface area contributed by atoms with Gasteiger partial charge in [-0.3, -0.25) is 14.0 Å². The zero-order valence-electron chi connectivity index (χ0n) is 16.7. The number of aromatic nitrogens is 3. The number of rotatable bonds is 8. The van der Waals surface area contributed by atoms with Gasteiger partial charge in [0.1, 0.15) is 0 Å². The van der Waals surface area contributed by atoms with Crippen LogP contribution < -0.4 is 9.47 Å². The van der Waals surface area contributed by atoms with Gasteiger partial charge in [-0.05, 0) is 50.3 Å². The van der Waals surface area contributed by atoms with Gasteiger partial charge in [0.25, 0.3) is 0 Å². The number of ether oxygens (including phenoxy) is 2. The molecular formula is C21H23N3O4S. The summed E-state index contributed by atoms with van der Waals surface area (Å²) in [5, 5.41) is 0.341. The normalized spacial score (nSPS) is 14.7. The Morgan fingerprint density at radius 2 is 2.14 bits per heavy atom. The first-order chi connectivity index (χ1) is 14.0. The zero-order chi connectivity index (χ0) is 20.5. The van der Waals surface area contributed by atoms with E-state index in [1.807, 2.05) is 13.0 Å². The Morgan fingerprint density at radius 3 is 2.83 bits per heavy atom. The van der Waals surface area contributed by atoms with Gasteiger partial charge in [-0.2, -0.15) is 0 Å². The first-order valence-electron chi connectivity index (χ1n) is 9.50. The molecule has 2 heterocycles. The van der Waals surface area contributed by atoms with Crippen LogP contribution in [-0.2, 0) is 16.6 Å². The summed E-state index contributed by atoms with van der Waals surface area (Å²) in [4.78, 5) is 23.6. The second-order valence-corrected chi connectivity index (χ2v) is 8.68. The Kier molecular flexibility index (Phi) is 5.36. The van der Waals surface area contributed by atoms with Gasteiger partial charge in [-0.25, -0.2) is 4.98 Å². The lowest BCUT2D eigenvalue weighted by Crippen LogP contribution is -2.06. The predicted molar refractivity (Wildman–Crippen MR) is 110 cm³/mol. The summed E-state index contributed by atoms with van der Waals surface area (Å²) in [6.45, 7) is 4.05. The van der Waals surface area contributed by atoms with E-state index in [2.05, 4.69) is 15.0 Å². The monoisotopic (exact) mass is 413 g/mol. The second-order valence-electron chi connectivity index (χ2n) is 7.32. The van der Waals surface area contributed by atoms with Crippen LogP contribution in [0.3, 0.4) is 0 Å².